The Morgan fingerprint density at radius 1 is 1.50 bits per heavy atom. The smallest absolute Gasteiger partial charge is 0.397 e. The number of aromatic nitrogens is 1. The van der Waals surface area contributed by atoms with Crippen LogP contribution in [0.15, 0.2) is 33.5 Å². The van der Waals surface area contributed by atoms with Crippen LogP contribution in [0.4, 0.5) is 5.69 Å². The molecule has 0 radical (unpaired) electrons. The Labute approximate surface area is 144 Å². The van der Waals surface area contributed by atoms with Crippen LogP contribution < -0.4 is 15.7 Å². The van der Waals surface area contributed by atoms with Crippen molar-refractivity contribution in [1.29, 1.82) is 0 Å². The third-order valence-corrected chi connectivity index (χ3v) is 4.22. The second-order valence-electron chi connectivity index (χ2n) is 5.62. The first-order valence-corrected chi connectivity index (χ1v) is 8.43. The van der Waals surface area contributed by atoms with Crippen molar-refractivity contribution < 1.29 is 13.9 Å². The first-order chi connectivity index (χ1) is 11.6. The zero-order valence-electron chi connectivity index (χ0n) is 13.2. The summed E-state index contributed by atoms with van der Waals surface area (Å²) in [6.45, 7) is 1.74. The lowest BCUT2D eigenvalue weighted by molar-refractivity contribution is -0.111. The molecule has 6 nitrogen and oxygen atoms in total. The van der Waals surface area contributed by atoms with Crippen molar-refractivity contribution in [2.75, 3.05) is 5.32 Å². The van der Waals surface area contributed by atoms with E-state index >= 15 is 0 Å². The number of carbonyl (C=O) groups is 1. The standard InChI is InChI=1S/C17H18N2O4S/c1-2-4-14(20)18-12-7-10(9-24)8-13-15(12)16(21)23-17(19-13)22-11-5-3-6-11/h2,4,7-8,11,24H,3,5-6,9H2,1H3,(H,18,20)/b4-2+. The Kier molecular flexibility index (Phi) is 4.89. The summed E-state index contributed by atoms with van der Waals surface area (Å²) < 4.78 is 10.8. The van der Waals surface area contributed by atoms with Crippen LogP contribution in [0.5, 0.6) is 6.08 Å². The number of amides is 1. The maximum atomic E-state index is 12.4. The minimum absolute atomic E-state index is 0.0285. The van der Waals surface area contributed by atoms with Crippen molar-refractivity contribution in [2.24, 2.45) is 0 Å². The summed E-state index contributed by atoms with van der Waals surface area (Å²) in [7, 11) is 0. The van der Waals surface area contributed by atoms with E-state index in [0.717, 1.165) is 24.8 Å². The molecule has 1 aromatic heterocycles. The minimum Gasteiger partial charge on any atom is -0.447 e. The first-order valence-electron chi connectivity index (χ1n) is 7.79. The van der Waals surface area contributed by atoms with Crippen molar-refractivity contribution >= 4 is 35.1 Å². The largest absolute Gasteiger partial charge is 0.447 e. The Morgan fingerprint density at radius 3 is 2.92 bits per heavy atom. The second-order valence-corrected chi connectivity index (χ2v) is 5.94. The highest BCUT2D eigenvalue weighted by atomic mass is 32.1. The normalized spacial score (nSPS) is 14.8. The number of benzene rings is 1. The monoisotopic (exact) mass is 346 g/mol. The summed E-state index contributed by atoms with van der Waals surface area (Å²) in [6, 6.07) is 3.44. The van der Waals surface area contributed by atoms with Crippen LogP contribution in [0.1, 0.15) is 31.7 Å². The number of allylic oxidation sites excluding steroid dienone is 1. The van der Waals surface area contributed by atoms with Crippen LogP contribution in [0.3, 0.4) is 0 Å². The van der Waals surface area contributed by atoms with E-state index < -0.39 is 5.63 Å². The van der Waals surface area contributed by atoms with Crippen molar-refractivity contribution in [3.05, 3.63) is 40.3 Å². The number of rotatable bonds is 5. The van der Waals surface area contributed by atoms with E-state index in [4.69, 9.17) is 9.15 Å². The molecule has 1 aromatic carbocycles. The summed E-state index contributed by atoms with van der Waals surface area (Å²) in [5.74, 6) is 0.118. The highest BCUT2D eigenvalue weighted by molar-refractivity contribution is 7.79. The zero-order valence-corrected chi connectivity index (χ0v) is 14.1. The van der Waals surface area contributed by atoms with Gasteiger partial charge in [-0.15, -0.1) is 0 Å². The Bertz CT molecular complexity index is 856. The van der Waals surface area contributed by atoms with E-state index in [1.165, 1.54) is 6.08 Å². The third-order valence-electron chi connectivity index (χ3n) is 3.85. The van der Waals surface area contributed by atoms with Crippen LogP contribution in [0.2, 0.25) is 0 Å². The molecule has 0 atom stereocenters. The molecule has 1 amide bonds. The molecule has 1 fully saturated rings. The summed E-state index contributed by atoms with van der Waals surface area (Å²) in [5, 5.41) is 2.91. The van der Waals surface area contributed by atoms with Crippen LogP contribution in [-0.4, -0.2) is 17.0 Å². The fourth-order valence-corrected chi connectivity index (χ4v) is 2.62. The molecule has 126 valence electrons. The minimum atomic E-state index is -0.587. The molecule has 0 bridgehead atoms. The quantitative estimate of drug-likeness (QED) is 0.642. The van der Waals surface area contributed by atoms with Gasteiger partial charge in [0.1, 0.15) is 11.5 Å². The lowest BCUT2D eigenvalue weighted by atomic mass is 9.96. The summed E-state index contributed by atoms with van der Waals surface area (Å²) in [4.78, 5) is 28.5. The molecule has 2 aromatic rings. The van der Waals surface area contributed by atoms with E-state index in [1.54, 1.807) is 25.1 Å². The van der Waals surface area contributed by atoms with Gasteiger partial charge in [-0.05, 0) is 50.0 Å². The number of fused-ring (bicyclic) bond motifs is 1. The average Bonchev–Trinajstić information content (AvgIpc) is 2.50. The summed E-state index contributed by atoms with van der Waals surface area (Å²) in [5.41, 5.74) is 1.02. The molecule has 0 unspecified atom stereocenters. The molecule has 0 saturated heterocycles. The summed E-state index contributed by atoms with van der Waals surface area (Å²) >= 11 is 4.26. The van der Waals surface area contributed by atoms with Gasteiger partial charge in [-0.25, -0.2) is 4.79 Å². The Hall–Kier alpha value is -2.28. The van der Waals surface area contributed by atoms with Crippen LogP contribution in [0.25, 0.3) is 10.9 Å². The number of nitrogens with zero attached hydrogens (tertiary/aromatic N) is 1. The average molecular weight is 346 g/mol. The molecular formula is C17H18N2O4S. The van der Waals surface area contributed by atoms with E-state index in [2.05, 4.69) is 22.9 Å². The van der Waals surface area contributed by atoms with Crippen molar-refractivity contribution in [2.45, 2.75) is 38.0 Å². The molecule has 24 heavy (non-hydrogen) atoms. The van der Waals surface area contributed by atoms with Crippen molar-refractivity contribution in [3.63, 3.8) is 0 Å². The fraction of sp³-hybridized carbons (Fsp3) is 0.353. The van der Waals surface area contributed by atoms with Gasteiger partial charge in [-0.2, -0.15) is 17.6 Å². The van der Waals surface area contributed by atoms with Crippen LogP contribution in [0, 0.1) is 0 Å². The Morgan fingerprint density at radius 2 is 2.29 bits per heavy atom. The molecule has 1 aliphatic carbocycles. The number of hydrogen-bond acceptors (Lipinski definition) is 6. The number of thiol groups is 1. The number of carbonyl (C=O) groups excluding carboxylic acids is 1. The SMILES string of the molecule is C/C=C/C(=O)Nc1cc(CS)cc2nc(OC3CCC3)oc(=O)c12. The molecule has 1 heterocycles. The maximum absolute atomic E-state index is 12.4. The number of nitrogens with one attached hydrogen (secondary N) is 1. The van der Waals surface area contributed by atoms with Gasteiger partial charge >= 0.3 is 11.7 Å². The molecular weight excluding hydrogens is 328 g/mol. The Balaban J connectivity index is 2.06. The first kappa shape index (κ1) is 16.6. The van der Waals surface area contributed by atoms with Gasteiger partial charge in [0.25, 0.3) is 0 Å². The molecule has 3 rings (SSSR count). The number of hydrogen-bond donors (Lipinski definition) is 2. The van der Waals surface area contributed by atoms with Gasteiger partial charge in [0.15, 0.2) is 0 Å². The zero-order chi connectivity index (χ0) is 17.1. The molecule has 1 aliphatic rings. The third kappa shape index (κ3) is 3.46. The molecule has 1 N–H and O–H groups in total. The maximum Gasteiger partial charge on any atom is 0.397 e. The predicted molar refractivity (Wildman–Crippen MR) is 94.7 cm³/mol. The number of anilines is 1. The van der Waals surface area contributed by atoms with Gasteiger partial charge in [0, 0.05) is 5.75 Å². The molecule has 0 spiro atoms. The highest BCUT2D eigenvalue weighted by Crippen LogP contribution is 2.27. The lowest BCUT2D eigenvalue weighted by Gasteiger charge is -2.24. The molecule has 0 aliphatic heterocycles. The second kappa shape index (κ2) is 7.09. The van der Waals surface area contributed by atoms with E-state index in [-0.39, 0.29) is 23.5 Å². The predicted octanol–water partition coefficient (Wildman–Crippen LogP) is 3.06. The fourth-order valence-electron chi connectivity index (χ4n) is 2.44. The van der Waals surface area contributed by atoms with E-state index in [1.807, 2.05) is 0 Å². The van der Waals surface area contributed by atoms with E-state index in [9.17, 15) is 9.59 Å². The van der Waals surface area contributed by atoms with Crippen molar-refractivity contribution in [1.82, 2.24) is 4.98 Å². The molecule has 7 heteroatoms. The van der Waals surface area contributed by atoms with E-state index in [0.29, 0.717) is 17.0 Å². The lowest BCUT2D eigenvalue weighted by Crippen LogP contribution is -2.25. The van der Waals surface area contributed by atoms with Crippen molar-refractivity contribution in [3.8, 4) is 6.08 Å². The van der Waals surface area contributed by atoms with Gasteiger partial charge in [-0.3, -0.25) is 4.79 Å². The van der Waals surface area contributed by atoms with Gasteiger partial charge in [0.2, 0.25) is 5.91 Å². The van der Waals surface area contributed by atoms with Gasteiger partial charge in [-0.1, -0.05) is 6.08 Å². The van der Waals surface area contributed by atoms with Crippen LogP contribution in [-0.2, 0) is 10.5 Å². The topological polar surface area (TPSA) is 81.4 Å². The van der Waals surface area contributed by atoms with Gasteiger partial charge in [0.05, 0.1) is 11.2 Å². The number of ether oxygens (including phenoxy) is 1. The molecule has 1 saturated carbocycles. The van der Waals surface area contributed by atoms with Gasteiger partial charge < -0.3 is 14.5 Å². The van der Waals surface area contributed by atoms with Crippen LogP contribution >= 0.6 is 12.6 Å². The highest BCUT2D eigenvalue weighted by Gasteiger charge is 2.22. The summed E-state index contributed by atoms with van der Waals surface area (Å²) in [6.07, 6.45) is 6.00.